The Morgan fingerprint density at radius 2 is 1.95 bits per heavy atom. The second kappa shape index (κ2) is 7.11. The predicted octanol–water partition coefficient (Wildman–Crippen LogP) is 3.85. The number of aromatic nitrogens is 1. The minimum absolute atomic E-state index is 0.195. The van der Waals surface area contributed by atoms with Gasteiger partial charge in [-0.25, -0.2) is 13.9 Å². The Morgan fingerprint density at radius 1 is 1.33 bits per heavy atom. The summed E-state index contributed by atoms with van der Waals surface area (Å²) in [6.45, 7) is 7.41. The highest BCUT2D eigenvalue weighted by molar-refractivity contribution is 7.99. The van der Waals surface area contributed by atoms with Crippen molar-refractivity contribution in [2.45, 2.75) is 49.7 Å². The molecule has 1 aromatic heterocycles. The summed E-state index contributed by atoms with van der Waals surface area (Å²) in [4.78, 5) is 4.00. The number of hydrogen-bond acceptors (Lipinski definition) is 3. The topological polar surface area (TPSA) is 42.0 Å². The SMILES string of the molecule is CC(NS(=O)C(C)(C)C)c1ccc(SCC(F)(F)F)nc1. The first-order chi connectivity index (χ1) is 9.49. The summed E-state index contributed by atoms with van der Waals surface area (Å²) in [5, 5.41) is 0.320. The molecule has 0 bridgehead atoms. The molecular formula is C13H19F3N2OS2. The number of thioether (sulfide) groups is 1. The lowest BCUT2D eigenvalue weighted by Gasteiger charge is -2.22. The lowest BCUT2D eigenvalue weighted by Crippen LogP contribution is -2.34. The third-order valence-electron chi connectivity index (χ3n) is 2.48. The number of nitrogens with one attached hydrogen (secondary N) is 1. The van der Waals surface area contributed by atoms with Gasteiger partial charge in [0.15, 0.2) is 0 Å². The molecule has 0 aliphatic heterocycles. The Balaban J connectivity index is 2.63. The Bertz CT molecular complexity index is 484. The van der Waals surface area contributed by atoms with Crippen molar-refractivity contribution in [3.8, 4) is 0 Å². The molecule has 120 valence electrons. The van der Waals surface area contributed by atoms with Gasteiger partial charge in [0.1, 0.15) is 0 Å². The van der Waals surface area contributed by atoms with Crippen molar-refractivity contribution in [1.29, 1.82) is 0 Å². The van der Waals surface area contributed by atoms with E-state index in [1.165, 1.54) is 6.20 Å². The van der Waals surface area contributed by atoms with Gasteiger partial charge in [-0.05, 0) is 39.3 Å². The summed E-state index contributed by atoms with van der Waals surface area (Å²) < 4.78 is 50.9. The van der Waals surface area contributed by atoms with Gasteiger partial charge < -0.3 is 0 Å². The van der Waals surface area contributed by atoms with Gasteiger partial charge in [-0.1, -0.05) is 17.8 Å². The van der Waals surface area contributed by atoms with Crippen LogP contribution in [0.15, 0.2) is 23.4 Å². The molecule has 1 rings (SSSR count). The first kappa shape index (κ1) is 18.4. The third kappa shape index (κ3) is 6.80. The minimum atomic E-state index is -4.20. The van der Waals surface area contributed by atoms with E-state index in [9.17, 15) is 17.4 Å². The van der Waals surface area contributed by atoms with E-state index in [1.54, 1.807) is 12.1 Å². The molecule has 0 aromatic carbocycles. The summed E-state index contributed by atoms with van der Waals surface area (Å²) in [7, 11) is -1.22. The summed E-state index contributed by atoms with van der Waals surface area (Å²) in [5.74, 6) is -0.957. The number of hydrogen-bond donors (Lipinski definition) is 1. The van der Waals surface area contributed by atoms with Crippen LogP contribution in [0.5, 0.6) is 0 Å². The van der Waals surface area contributed by atoms with Gasteiger partial charge in [0, 0.05) is 12.2 Å². The average molecular weight is 340 g/mol. The van der Waals surface area contributed by atoms with Crippen molar-refractivity contribution in [1.82, 2.24) is 9.71 Å². The molecule has 2 unspecified atom stereocenters. The fourth-order valence-corrected chi connectivity index (χ4v) is 2.71. The highest BCUT2D eigenvalue weighted by Gasteiger charge is 2.27. The minimum Gasteiger partial charge on any atom is -0.250 e. The Labute approximate surface area is 129 Å². The summed E-state index contributed by atoms with van der Waals surface area (Å²) in [6.07, 6.45) is -2.69. The molecule has 21 heavy (non-hydrogen) atoms. The first-order valence-corrected chi connectivity index (χ1v) is 8.46. The molecule has 0 fully saturated rings. The van der Waals surface area contributed by atoms with E-state index >= 15 is 0 Å². The lowest BCUT2D eigenvalue weighted by atomic mass is 10.2. The van der Waals surface area contributed by atoms with E-state index in [0.717, 1.165) is 5.56 Å². The number of rotatable bonds is 5. The fraction of sp³-hybridized carbons (Fsp3) is 0.615. The van der Waals surface area contributed by atoms with Crippen LogP contribution in [0.3, 0.4) is 0 Å². The molecule has 2 atom stereocenters. The predicted molar refractivity (Wildman–Crippen MR) is 80.5 cm³/mol. The van der Waals surface area contributed by atoms with Crippen molar-refractivity contribution < 1.29 is 17.4 Å². The zero-order valence-electron chi connectivity index (χ0n) is 12.3. The quantitative estimate of drug-likeness (QED) is 0.828. The fourth-order valence-electron chi connectivity index (χ4n) is 1.29. The van der Waals surface area contributed by atoms with Crippen LogP contribution in [0.25, 0.3) is 0 Å². The van der Waals surface area contributed by atoms with Gasteiger partial charge in [0.05, 0.1) is 26.5 Å². The second-order valence-corrected chi connectivity index (χ2v) is 8.55. The molecule has 0 saturated carbocycles. The largest absolute Gasteiger partial charge is 0.398 e. The molecular weight excluding hydrogens is 321 g/mol. The van der Waals surface area contributed by atoms with Crippen LogP contribution in [0, 0.1) is 0 Å². The average Bonchev–Trinajstić information content (AvgIpc) is 2.35. The van der Waals surface area contributed by atoms with Gasteiger partial charge in [-0.3, -0.25) is 0 Å². The maximum atomic E-state index is 12.1. The van der Waals surface area contributed by atoms with Crippen molar-refractivity contribution >= 4 is 22.7 Å². The Kier molecular flexibility index (Phi) is 6.24. The highest BCUT2D eigenvalue weighted by Crippen LogP contribution is 2.26. The van der Waals surface area contributed by atoms with Crippen LogP contribution in [0.1, 0.15) is 39.3 Å². The zero-order valence-corrected chi connectivity index (χ0v) is 14.0. The molecule has 3 nitrogen and oxygen atoms in total. The smallest absolute Gasteiger partial charge is 0.250 e. The van der Waals surface area contributed by atoms with Crippen molar-refractivity contribution in [3.05, 3.63) is 23.9 Å². The molecule has 1 N–H and O–H groups in total. The van der Waals surface area contributed by atoms with Crippen LogP contribution in [-0.4, -0.2) is 25.9 Å². The van der Waals surface area contributed by atoms with Crippen LogP contribution in [0.4, 0.5) is 13.2 Å². The van der Waals surface area contributed by atoms with Crippen LogP contribution in [0.2, 0.25) is 0 Å². The van der Waals surface area contributed by atoms with E-state index < -0.39 is 22.9 Å². The summed E-state index contributed by atoms with van der Waals surface area (Å²) in [6, 6.07) is 3.05. The number of alkyl halides is 3. The van der Waals surface area contributed by atoms with Crippen molar-refractivity contribution in [3.63, 3.8) is 0 Å². The first-order valence-electron chi connectivity index (χ1n) is 6.32. The second-order valence-electron chi connectivity index (χ2n) is 5.55. The van der Waals surface area contributed by atoms with Crippen LogP contribution in [-0.2, 0) is 11.0 Å². The monoisotopic (exact) mass is 340 g/mol. The van der Waals surface area contributed by atoms with E-state index in [4.69, 9.17) is 0 Å². The molecule has 0 saturated heterocycles. The van der Waals surface area contributed by atoms with E-state index in [1.807, 2.05) is 27.7 Å². The number of halogens is 3. The van der Waals surface area contributed by atoms with Crippen LogP contribution >= 0.6 is 11.8 Å². The molecule has 0 spiro atoms. The molecule has 0 amide bonds. The summed E-state index contributed by atoms with van der Waals surface area (Å²) in [5.41, 5.74) is 0.781. The normalized spacial score (nSPS) is 15.8. The van der Waals surface area contributed by atoms with Gasteiger partial charge in [-0.15, -0.1) is 0 Å². The highest BCUT2D eigenvalue weighted by atomic mass is 32.2. The molecule has 8 heteroatoms. The number of nitrogens with zero attached hydrogens (tertiary/aromatic N) is 1. The summed E-state index contributed by atoms with van der Waals surface area (Å²) >= 11 is 0.649. The zero-order chi connectivity index (χ0) is 16.3. The molecule has 0 radical (unpaired) electrons. The standard InChI is InChI=1S/C13H19F3N2OS2/c1-9(18-21(19)12(2,3)4)10-5-6-11(17-7-10)20-8-13(14,15)16/h5-7,9,18H,8H2,1-4H3. The van der Waals surface area contributed by atoms with Gasteiger partial charge in [-0.2, -0.15) is 13.2 Å². The third-order valence-corrected chi connectivity index (χ3v) is 5.17. The lowest BCUT2D eigenvalue weighted by molar-refractivity contribution is -0.105. The maximum absolute atomic E-state index is 12.1. The van der Waals surface area contributed by atoms with E-state index in [-0.39, 0.29) is 10.8 Å². The van der Waals surface area contributed by atoms with Gasteiger partial charge in [0.2, 0.25) is 0 Å². The molecule has 1 heterocycles. The van der Waals surface area contributed by atoms with Crippen molar-refractivity contribution in [2.24, 2.45) is 0 Å². The molecule has 1 aromatic rings. The Morgan fingerprint density at radius 3 is 2.38 bits per heavy atom. The number of pyridine rings is 1. The van der Waals surface area contributed by atoms with Crippen LogP contribution < -0.4 is 4.72 Å². The van der Waals surface area contributed by atoms with E-state index in [2.05, 4.69) is 9.71 Å². The Hall–Kier alpha value is -0.600. The molecule has 0 aliphatic carbocycles. The van der Waals surface area contributed by atoms with E-state index in [0.29, 0.717) is 16.8 Å². The van der Waals surface area contributed by atoms with Crippen molar-refractivity contribution in [2.75, 3.05) is 5.75 Å². The maximum Gasteiger partial charge on any atom is 0.398 e. The van der Waals surface area contributed by atoms with Gasteiger partial charge >= 0.3 is 6.18 Å². The van der Waals surface area contributed by atoms with Gasteiger partial charge in [0.25, 0.3) is 0 Å². The molecule has 0 aliphatic rings.